The lowest BCUT2D eigenvalue weighted by Crippen LogP contribution is -2.30. The van der Waals surface area contributed by atoms with Crippen LogP contribution < -0.4 is 15.2 Å². The molecule has 0 saturated heterocycles. The van der Waals surface area contributed by atoms with Gasteiger partial charge in [-0.1, -0.05) is 0 Å². The van der Waals surface area contributed by atoms with Crippen molar-refractivity contribution >= 4 is 15.9 Å². The first-order chi connectivity index (χ1) is 8.95. The quantitative estimate of drug-likeness (QED) is 0.832. The maximum absolute atomic E-state index is 11.7. The number of amides is 1. The Labute approximate surface area is 111 Å². The highest BCUT2D eigenvalue weighted by atomic mass is 32.2. The summed E-state index contributed by atoms with van der Waals surface area (Å²) in [6, 6.07) is 4.14. The summed E-state index contributed by atoms with van der Waals surface area (Å²) in [4.78, 5) is 11.8. The topological polar surface area (TPSA) is 98.5 Å². The maximum atomic E-state index is 11.7. The molecule has 0 radical (unpaired) electrons. The smallest absolute Gasteiger partial charge is 0.238 e. The molecule has 1 saturated carbocycles. The molecule has 7 heteroatoms. The van der Waals surface area contributed by atoms with Crippen molar-refractivity contribution in [2.24, 2.45) is 11.1 Å². The normalized spacial score (nSPS) is 21.6. The number of fused-ring (bicyclic) bond motifs is 1. The molecule has 1 unspecified atom stereocenters. The third kappa shape index (κ3) is 2.43. The fourth-order valence-corrected chi connectivity index (χ4v) is 2.67. The second-order valence-electron chi connectivity index (χ2n) is 4.89. The predicted molar refractivity (Wildman–Crippen MR) is 66.9 cm³/mol. The van der Waals surface area contributed by atoms with Crippen LogP contribution in [0.3, 0.4) is 0 Å². The van der Waals surface area contributed by atoms with E-state index >= 15 is 0 Å². The Hall–Kier alpha value is -1.60. The highest BCUT2D eigenvalue weighted by Gasteiger charge is 2.34. The highest BCUT2D eigenvalue weighted by molar-refractivity contribution is 7.89. The van der Waals surface area contributed by atoms with Crippen molar-refractivity contribution in [2.45, 2.75) is 23.8 Å². The number of sulfonamides is 1. The summed E-state index contributed by atoms with van der Waals surface area (Å²) in [6.07, 6.45) is 1.84. The molecule has 1 aromatic carbocycles. The summed E-state index contributed by atoms with van der Waals surface area (Å²) in [7, 11) is -3.75. The van der Waals surface area contributed by atoms with Gasteiger partial charge in [-0.3, -0.25) is 4.79 Å². The van der Waals surface area contributed by atoms with Gasteiger partial charge in [-0.15, -0.1) is 0 Å². The second kappa shape index (κ2) is 4.21. The van der Waals surface area contributed by atoms with Crippen molar-refractivity contribution in [3.8, 4) is 5.75 Å². The van der Waals surface area contributed by atoms with E-state index in [1.54, 1.807) is 6.07 Å². The number of benzene rings is 1. The molecule has 0 aromatic heterocycles. The molecule has 1 atom stereocenters. The lowest BCUT2D eigenvalue weighted by molar-refractivity contribution is -0.123. The maximum Gasteiger partial charge on any atom is 0.238 e. The predicted octanol–water partition coefficient (Wildman–Crippen LogP) is 0.294. The first kappa shape index (κ1) is 12.4. The zero-order chi connectivity index (χ0) is 13.6. The van der Waals surface area contributed by atoms with Crippen molar-refractivity contribution in [3.63, 3.8) is 0 Å². The third-order valence-electron chi connectivity index (χ3n) is 3.36. The van der Waals surface area contributed by atoms with E-state index in [2.05, 4.69) is 5.32 Å². The largest absolute Gasteiger partial charge is 0.491 e. The van der Waals surface area contributed by atoms with Crippen LogP contribution >= 0.6 is 0 Å². The molecule has 1 aromatic rings. The van der Waals surface area contributed by atoms with Gasteiger partial charge >= 0.3 is 0 Å². The minimum Gasteiger partial charge on any atom is -0.491 e. The first-order valence-electron chi connectivity index (χ1n) is 6.05. The van der Waals surface area contributed by atoms with Gasteiger partial charge in [-0.25, -0.2) is 13.6 Å². The van der Waals surface area contributed by atoms with Crippen molar-refractivity contribution in [1.82, 2.24) is 5.32 Å². The summed E-state index contributed by atoms with van der Waals surface area (Å²) >= 11 is 0. The van der Waals surface area contributed by atoms with Crippen LogP contribution in [0.15, 0.2) is 23.1 Å². The molecule has 0 spiro atoms. The molecule has 2 aliphatic rings. The Balaban J connectivity index is 1.87. The van der Waals surface area contributed by atoms with Gasteiger partial charge in [0.1, 0.15) is 12.4 Å². The van der Waals surface area contributed by atoms with Gasteiger partial charge in [0.25, 0.3) is 0 Å². The van der Waals surface area contributed by atoms with E-state index in [9.17, 15) is 13.2 Å². The Morgan fingerprint density at radius 2 is 2.11 bits per heavy atom. The van der Waals surface area contributed by atoms with Crippen molar-refractivity contribution < 1.29 is 17.9 Å². The molecule has 1 aliphatic heterocycles. The van der Waals surface area contributed by atoms with E-state index in [1.165, 1.54) is 12.1 Å². The number of nitrogens with two attached hydrogens (primary N) is 1. The molecule has 1 heterocycles. The molecule has 6 nitrogen and oxygen atoms in total. The van der Waals surface area contributed by atoms with Crippen molar-refractivity contribution in [2.75, 3.05) is 6.61 Å². The number of hydrogen-bond acceptors (Lipinski definition) is 4. The van der Waals surface area contributed by atoms with E-state index in [-0.39, 0.29) is 22.8 Å². The van der Waals surface area contributed by atoms with E-state index in [1.807, 2.05) is 0 Å². The summed E-state index contributed by atoms with van der Waals surface area (Å²) in [5.74, 6) is 0.696. The monoisotopic (exact) mass is 282 g/mol. The molecule has 3 rings (SSSR count). The number of carbonyl (C=O) groups excluding carboxylic acids is 1. The average Bonchev–Trinajstić information content (AvgIpc) is 3.12. The highest BCUT2D eigenvalue weighted by Crippen LogP contribution is 2.35. The van der Waals surface area contributed by atoms with Crippen LogP contribution in [0.25, 0.3) is 0 Å². The van der Waals surface area contributed by atoms with Gasteiger partial charge < -0.3 is 10.1 Å². The van der Waals surface area contributed by atoms with Gasteiger partial charge in [0.15, 0.2) is 0 Å². The SMILES string of the molecule is NS(=O)(=O)c1ccc2c(c1)C(NC(=O)C1CC1)CO2. The van der Waals surface area contributed by atoms with Gasteiger partial charge in [0, 0.05) is 11.5 Å². The molecular weight excluding hydrogens is 268 g/mol. The number of carbonyl (C=O) groups is 1. The van der Waals surface area contributed by atoms with E-state index < -0.39 is 10.0 Å². The second-order valence-corrected chi connectivity index (χ2v) is 6.45. The fourth-order valence-electron chi connectivity index (χ4n) is 2.12. The summed E-state index contributed by atoms with van der Waals surface area (Å²) < 4.78 is 28.1. The summed E-state index contributed by atoms with van der Waals surface area (Å²) in [6.45, 7) is 0.321. The average molecular weight is 282 g/mol. The number of rotatable bonds is 3. The Kier molecular flexibility index (Phi) is 2.75. The molecule has 1 aliphatic carbocycles. The van der Waals surface area contributed by atoms with Crippen LogP contribution in [0.4, 0.5) is 0 Å². The molecule has 1 amide bonds. The van der Waals surface area contributed by atoms with Gasteiger partial charge in [0.2, 0.25) is 15.9 Å². The molecule has 0 bridgehead atoms. The van der Waals surface area contributed by atoms with Crippen LogP contribution in [-0.4, -0.2) is 20.9 Å². The van der Waals surface area contributed by atoms with Crippen molar-refractivity contribution in [3.05, 3.63) is 23.8 Å². The minimum atomic E-state index is -3.75. The van der Waals surface area contributed by atoms with E-state index in [4.69, 9.17) is 9.88 Å². The lowest BCUT2D eigenvalue weighted by Gasteiger charge is -2.11. The molecular formula is C12H14N2O4S. The van der Waals surface area contributed by atoms with Crippen LogP contribution in [0, 0.1) is 5.92 Å². The van der Waals surface area contributed by atoms with Crippen LogP contribution in [0.2, 0.25) is 0 Å². The standard InChI is InChI=1S/C12H14N2O4S/c13-19(16,17)8-3-4-11-9(5-8)10(6-18-11)14-12(15)7-1-2-7/h3-5,7,10H,1-2,6H2,(H,14,15)(H2,13,16,17). The van der Waals surface area contributed by atoms with Gasteiger partial charge in [-0.2, -0.15) is 0 Å². The molecule has 3 N–H and O–H groups in total. The Morgan fingerprint density at radius 1 is 1.37 bits per heavy atom. The van der Waals surface area contributed by atoms with Crippen molar-refractivity contribution in [1.29, 1.82) is 0 Å². The fraction of sp³-hybridized carbons (Fsp3) is 0.417. The summed E-state index contributed by atoms with van der Waals surface area (Å²) in [5.41, 5.74) is 0.667. The Bertz CT molecular complexity index is 637. The Morgan fingerprint density at radius 3 is 2.74 bits per heavy atom. The zero-order valence-corrected chi connectivity index (χ0v) is 10.9. The molecule has 102 valence electrons. The molecule has 1 fully saturated rings. The van der Waals surface area contributed by atoms with E-state index in [0.717, 1.165) is 12.8 Å². The third-order valence-corrected chi connectivity index (χ3v) is 4.27. The molecule has 19 heavy (non-hydrogen) atoms. The first-order valence-corrected chi connectivity index (χ1v) is 7.60. The number of hydrogen-bond donors (Lipinski definition) is 2. The lowest BCUT2D eigenvalue weighted by atomic mass is 10.1. The zero-order valence-electron chi connectivity index (χ0n) is 10.1. The van der Waals surface area contributed by atoms with Crippen LogP contribution in [0.1, 0.15) is 24.4 Å². The van der Waals surface area contributed by atoms with Gasteiger partial charge in [0.05, 0.1) is 10.9 Å². The van der Waals surface area contributed by atoms with E-state index in [0.29, 0.717) is 17.9 Å². The van der Waals surface area contributed by atoms with Crippen LogP contribution in [-0.2, 0) is 14.8 Å². The number of ether oxygens (including phenoxy) is 1. The van der Waals surface area contributed by atoms with Crippen LogP contribution in [0.5, 0.6) is 5.75 Å². The number of nitrogens with one attached hydrogen (secondary N) is 1. The van der Waals surface area contributed by atoms with Gasteiger partial charge in [-0.05, 0) is 31.0 Å². The minimum absolute atomic E-state index is 0.00228. The number of primary sulfonamides is 1. The summed E-state index contributed by atoms with van der Waals surface area (Å²) in [5, 5.41) is 7.98.